The monoisotopic (exact) mass is 403 g/mol. The van der Waals surface area contributed by atoms with Crippen LogP contribution in [0, 0.1) is 0 Å². The number of cyclic esters (lactones) is 1. The molecule has 0 radical (unpaired) electrons. The van der Waals surface area contributed by atoms with E-state index in [4.69, 9.17) is 23.7 Å². The third-order valence-electron chi connectivity index (χ3n) is 5.76. The second-order valence-corrected chi connectivity index (χ2v) is 7.17. The van der Waals surface area contributed by atoms with Crippen LogP contribution in [0.5, 0.6) is 23.0 Å². The summed E-state index contributed by atoms with van der Waals surface area (Å²) in [6.07, 6.45) is 0.500. The SMILES string of the molecule is CN1CCc2cc3c(cc2[C@H]1[C@@H]1OC(=O)c2c1ccc1c2OCO1)OCO3.Cl. The predicted molar refractivity (Wildman–Crippen MR) is 99.6 cm³/mol. The smallest absolute Gasteiger partial charge is 0.343 e. The molecule has 0 N–H and O–H groups in total. The van der Waals surface area contributed by atoms with Crippen LogP contribution in [0.1, 0.15) is 39.2 Å². The maximum Gasteiger partial charge on any atom is 0.343 e. The van der Waals surface area contributed by atoms with Crippen LogP contribution >= 0.6 is 12.4 Å². The molecule has 6 rings (SSSR count). The molecule has 2 aromatic rings. The Kier molecular flexibility index (Phi) is 3.86. The van der Waals surface area contributed by atoms with E-state index in [0.29, 0.717) is 17.1 Å². The molecule has 8 heteroatoms. The number of benzene rings is 2. The Balaban J connectivity index is 0.00000171. The quantitative estimate of drug-likeness (QED) is 0.678. The highest BCUT2D eigenvalue weighted by atomic mass is 35.5. The van der Waals surface area contributed by atoms with E-state index in [9.17, 15) is 4.79 Å². The van der Waals surface area contributed by atoms with Crippen LogP contribution < -0.4 is 18.9 Å². The number of hydrogen-bond donors (Lipinski definition) is 0. The minimum Gasteiger partial charge on any atom is -0.454 e. The summed E-state index contributed by atoms with van der Waals surface area (Å²) in [7, 11) is 2.05. The Morgan fingerprint density at radius 3 is 2.57 bits per heavy atom. The van der Waals surface area contributed by atoms with Gasteiger partial charge in [-0.2, -0.15) is 0 Å². The number of esters is 1. The zero-order chi connectivity index (χ0) is 18.1. The highest BCUT2D eigenvalue weighted by molar-refractivity contribution is 5.98. The Morgan fingerprint density at radius 1 is 0.964 bits per heavy atom. The number of hydrogen-bond acceptors (Lipinski definition) is 7. The normalized spacial score (nSPS) is 23.7. The summed E-state index contributed by atoms with van der Waals surface area (Å²) in [6, 6.07) is 7.73. The molecule has 4 heterocycles. The van der Waals surface area contributed by atoms with Gasteiger partial charge < -0.3 is 23.7 Å². The molecule has 0 saturated carbocycles. The Hall–Kier alpha value is -2.64. The van der Waals surface area contributed by atoms with Crippen LogP contribution in [0.2, 0.25) is 0 Å². The van der Waals surface area contributed by atoms with Crippen molar-refractivity contribution in [3.05, 3.63) is 46.5 Å². The van der Waals surface area contributed by atoms with E-state index in [2.05, 4.69) is 18.0 Å². The van der Waals surface area contributed by atoms with E-state index in [1.807, 2.05) is 18.2 Å². The van der Waals surface area contributed by atoms with Gasteiger partial charge >= 0.3 is 5.97 Å². The zero-order valence-corrected chi connectivity index (χ0v) is 15.9. The van der Waals surface area contributed by atoms with Gasteiger partial charge in [0.1, 0.15) is 11.7 Å². The standard InChI is InChI=1S/C20H17NO6.ClH/c1-21-5-4-10-6-14-15(25-8-24-14)7-12(10)17(21)18-11-2-3-13-19(26-9-23-13)16(11)20(22)27-18;/h2-3,6-7,17-18H,4-5,8-9H2,1H3;1H/t17-,18+;/m0./s1. The highest BCUT2D eigenvalue weighted by Crippen LogP contribution is 2.51. The molecule has 0 aliphatic carbocycles. The van der Waals surface area contributed by atoms with Crippen LogP contribution in [0.25, 0.3) is 0 Å². The number of halogens is 1. The van der Waals surface area contributed by atoms with Gasteiger partial charge in [0, 0.05) is 12.1 Å². The average Bonchev–Trinajstić information content (AvgIpc) is 3.38. The number of carbonyl (C=O) groups is 1. The second-order valence-electron chi connectivity index (χ2n) is 7.17. The number of likely N-dealkylation sites (N-methyl/N-ethyl adjacent to an activating group) is 1. The van der Waals surface area contributed by atoms with Gasteiger partial charge in [-0.1, -0.05) is 6.07 Å². The molecule has 28 heavy (non-hydrogen) atoms. The first kappa shape index (κ1) is 17.5. The van der Waals surface area contributed by atoms with Gasteiger partial charge in [0.25, 0.3) is 0 Å². The summed E-state index contributed by atoms with van der Waals surface area (Å²) in [5, 5.41) is 0. The summed E-state index contributed by atoms with van der Waals surface area (Å²) < 4.78 is 27.9. The van der Waals surface area contributed by atoms with Crippen molar-refractivity contribution in [2.75, 3.05) is 27.2 Å². The fourth-order valence-electron chi connectivity index (χ4n) is 4.47. The van der Waals surface area contributed by atoms with Crippen molar-refractivity contribution < 1.29 is 28.5 Å². The van der Waals surface area contributed by atoms with E-state index in [1.54, 1.807) is 0 Å². The number of fused-ring (bicyclic) bond motifs is 5. The minimum absolute atomic E-state index is 0. The third kappa shape index (κ3) is 2.29. The van der Waals surface area contributed by atoms with E-state index >= 15 is 0 Å². The van der Waals surface area contributed by atoms with Gasteiger partial charge in [0.05, 0.1) is 6.04 Å². The molecule has 2 aromatic carbocycles. The lowest BCUT2D eigenvalue weighted by Crippen LogP contribution is -2.36. The van der Waals surface area contributed by atoms with Crippen molar-refractivity contribution in [3.8, 4) is 23.0 Å². The lowest BCUT2D eigenvalue weighted by molar-refractivity contribution is 0.00932. The van der Waals surface area contributed by atoms with Crippen molar-refractivity contribution in [2.45, 2.75) is 18.6 Å². The molecule has 0 unspecified atom stereocenters. The minimum atomic E-state index is -0.411. The maximum atomic E-state index is 12.7. The number of ether oxygens (including phenoxy) is 5. The lowest BCUT2D eigenvalue weighted by atomic mass is 9.86. The Morgan fingerprint density at radius 2 is 1.71 bits per heavy atom. The van der Waals surface area contributed by atoms with E-state index in [0.717, 1.165) is 35.6 Å². The molecule has 4 aliphatic rings. The van der Waals surface area contributed by atoms with Crippen molar-refractivity contribution in [1.29, 1.82) is 0 Å². The molecule has 0 aromatic heterocycles. The van der Waals surface area contributed by atoms with Crippen molar-refractivity contribution in [2.24, 2.45) is 0 Å². The fourth-order valence-corrected chi connectivity index (χ4v) is 4.47. The number of rotatable bonds is 1. The molecule has 0 spiro atoms. The molecule has 2 atom stereocenters. The molecule has 146 valence electrons. The average molecular weight is 404 g/mol. The second kappa shape index (κ2) is 6.18. The van der Waals surface area contributed by atoms with E-state index in [1.165, 1.54) is 5.56 Å². The molecule has 0 bridgehead atoms. The van der Waals surface area contributed by atoms with Crippen LogP contribution in [0.4, 0.5) is 0 Å². The summed E-state index contributed by atoms with van der Waals surface area (Å²) in [6.45, 7) is 1.23. The van der Waals surface area contributed by atoms with E-state index < -0.39 is 6.10 Å². The largest absolute Gasteiger partial charge is 0.454 e. The van der Waals surface area contributed by atoms with Crippen LogP contribution in [-0.2, 0) is 11.2 Å². The summed E-state index contributed by atoms with van der Waals surface area (Å²) in [5.74, 6) is 2.24. The zero-order valence-electron chi connectivity index (χ0n) is 15.1. The van der Waals surface area contributed by atoms with Gasteiger partial charge in [0.2, 0.25) is 13.6 Å². The molecular formula is C20H18ClNO6. The number of nitrogens with zero attached hydrogens (tertiary/aromatic N) is 1. The summed E-state index contributed by atoms with van der Waals surface area (Å²) in [5.41, 5.74) is 3.63. The van der Waals surface area contributed by atoms with Gasteiger partial charge in [-0.15, -0.1) is 12.4 Å². The summed E-state index contributed by atoms with van der Waals surface area (Å²) in [4.78, 5) is 14.9. The van der Waals surface area contributed by atoms with Crippen LogP contribution in [0.3, 0.4) is 0 Å². The predicted octanol–water partition coefficient (Wildman–Crippen LogP) is 3.01. The van der Waals surface area contributed by atoms with Gasteiger partial charge in [0.15, 0.2) is 23.0 Å². The van der Waals surface area contributed by atoms with Gasteiger partial charge in [-0.25, -0.2) is 4.79 Å². The highest BCUT2D eigenvalue weighted by Gasteiger charge is 2.45. The fraction of sp³-hybridized carbons (Fsp3) is 0.350. The summed E-state index contributed by atoms with van der Waals surface area (Å²) >= 11 is 0. The van der Waals surface area contributed by atoms with Gasteiger partial charge in [-0.3, -0.25) is 4.90 Å². The topological polar surface area (TPSA) is 66.5 Å². The first-order valence-corrected chi connectivity index (χ1v) is 8.97. The van der Waals surface area contributed by atoms with Crippen molar-refractivity contribution in [1.82, 2.24) is 4.90 Å². The first-order valence-electron chi connectivity index (χ1n) is 8.97. The van der Waals surface area contributed by atoms with Crippen LogP contribution in [-0.4, -0.2) is 38.0 Å². The van der Waals surface area contributed by atoms with Crippen LogP contribution in [0.15, 0.2) is 24.3 Å². The molecule has 7 nitrogen and oxygen atoms in total. The molecule has 0 saturated heterocycles. The maximum absolute atomic E-state index is 12.7. The third-order valence-corrected chi connectivity index (χ3v) is 5.76. The molecular weight excluding hydrogens is 386 g/mol. The number of carbonyl (C=O) groups excluding carboxylic acids is 1. The molecule has 4 aliphatic heterocycles. The van der Waals surface area contributed by atoms with Crippen molar-refractivity contribution in [3.63, 3.8) is 0 Å². The Bertz CT molecular complexity index is 993. The lowest BCUT2D eigenvalue weighted by Gasteiger charge is -2.37. The van der Waals surface area contributed by atoms with Gasteiger partial charge in [-0.05, 0) is 42.8 Å². The molecule has 0 fully saturated rings. The van der Waals surface area contributed by atoms with E-state index in [-0.39, 0.29) is 38.0 Å². The molecule has 0 amide bonds. The first-order chi connectivity index (χ1) is 13.2. The Labute approximate surface area is 167 Å². The van der Waals surface area contributed by atoms with Crippen molar-refractivity contribution >= 4 is 18.4 Å².